The number of sulfonamides is 1. The number of rotatable bonds is 9. The van der Waals surface area contributed by atoms with Crippen molar-refractivity contribution in [3.63, 3.8) is 0 Å². The van der Waals surface area contributed by atoms with Gasteiger partial charge in [0.05, 0.1) is 11.5 Å². The molecule has 2 aliphatic rings. The Kier molecular flexibility index (Phi) is 12.0. The lowest BCUT2D eigenvalue weighted by atomic mass is 9.90. The number of carbonyl (C=O) groups is 2. The molecule has 16 heteroatoms. The molecule has 2 atom stereocenters. The molecule has 1 saturated heterocycles. The van der Waals surface area contributed by atoms with Crippen molar-refractivity contribution in [1.29, 1.82) is 0 Å². The molecule has 0 spiro atoms. The predicted octanol–water partition coefficient (Wildman–Crippen LogP) is 4.93. The van der Waals surface area contributed by atoms with Crippen LogP contribution in [0.3, 0.4) is 0 Å². The van der Waals surface area contributed by atoms with Crippen LogP contribution in [0.15, 0.2) is 53.4 Å². The van der Waals surface area contributed by atoms with Crippen molar-refractivity contribution in [2.24, 2.45) is 11.7 Å². The van der Waals surface area contributed by atoms with E-state index in [1.54, 1.807) is 0 Å². The zero-order valence-corrected chi connectivity index (χ0v) is 25.0. The molecule has 0 bridgehead atoms. The Bertz CT molecular complexity index is 1370. The second-order valence-electron chi connectivity index (χ2n) is 10.6. The van der Waals surface area contributed by atoms with E-state index < -0.39 is 45.6 Å². The number of amides is 1. The van der Waals surface area contributed by atoms with E-state index >= 15 is 8.78 Å². The summed E-state index contributed by atoms with van der Waals surface area (Å²) in [6.07, 6.45) is 1.17. The van der Waals surface area contributed by atoms with Gasteiger partial charge >= 0.3 is 12.1 Å². The fraction of sp³-hybridized carbons (Fsp3) is 0.500. The number of hydrogen-bond donors (Lipinski definition) is 3. The third kappa shape index (κ3) is 9.74. The minimum atomic E-state index is -5.08. The molecular weight excluding hydrogens is 637 g/mol. The maximum Gasteiger partial charge on any atom is 0.490 e. The topological polar surface area (TPSA) is 139 Å². The highest BCUT2D eigenvalue weighted by atomic mass is 35.5. The lowest BCUT2D eigenvalue weighted by Crippen LogP contribution is -2.56. The van der Waals surface area contributed by atoms with E-state index in [0.717, 1.165) is 25.0 Å². The summed E-state index contributed by atoms with van der Waals surface area (Å²) in [6.45, 7) is 0.787. The Morgan fingerprint density at radius 1 is 1.00 bits per heavy atom. The van der Waals surface area contributed by atoms with Crippen molar-refractivity contribution < 1.29 is 49.8 Å². The Morgan fingerprint density at radius 2 is 1.57 bits per heavy atom. The fourth-order valence-corrected chi connectivity index (χ4v) is 6.11. The second kappa shape index (κ2) is 14.8. The summed E-state index contributed by atoms with van der Waals surface area (Å²) < 4.78 is 97.2. The van der Waals surface area contributed by atoms with E-state index in [0.29, 0.717) is 24.7 Å². The molecule has 0 unspecified atom stereocenters. The van der Waals surface area contributed by atoms with E-state index in [1.807, 2.05) is 4.72 Å². The molecule has 2 aromatic rings. The molecule has 1 heterocycles. The van der Waals surface area contributed by atoms with Crippen LogP contribution in [0.2, 0.25) is 5.02 Å². The standard InChI is InChI=1S/C26H32ClF2N3O4S.C2HF3O2/c27-20-8-6-19(7-9-20)26(28,29)24(25(33)32-15-14-21(30)16-32)31-37(34,35)23-12-10-22(11-13-23)36-17-18-4-2-1-3-5-18;3-2(4,5)1(6)7/h6-13,18,21,24,31H,1-5,14-17,30H2;(H,6,7)/t21-,24-;/m0./s1. The number of carboxylic acids is 1. The summed E-state index contributed by atoms with van der Waals surface area (Å²) in [5, 5.41) is 7.36. The Hall–Kier alpha value is -3.01. The SMILES string of the molecule is N[C@H]1CCN(C(=O)[C@H](NS(=O)(=O)c2ccc(OCC3CCCCC3)cc2)C(F)(F)c2ccc(Cl)cc2)C1.O=C(O)C(F)(F)F. The summed E-state index contributed by atoms with van der Waals surface area (Å²) in [5.74, 6) is -6.68. The molecule has 1 amide bonds. The molecule has 2 aromatic carbocycles. The molecule has 244 valence electrons. The van der Waals surface area contributed by atoms with Crippen LogP contribution in [0.5, 0.6) is 5.75 Å². The minimum absolute atomic E-state index is 0.0702. The van der Waals surface area contributed by atoms with Crippen molar-refractivity contribution >= 4 is 33.5 Å². The first-order valence-corrected chi connectivity index (χ1v) is 15.6. The molecule has 2 fully saturated rings. The number of nitrogens with zero attached hydrogens (tertiary/aromatic N) is 1. The van der Waals surface area contributed by atoms with Gasteiger partial charge in [-0.1, -0.05) is 43.0 Å². The number of halogens is 6. The Morgan fingerprint density at radius 3 is 2.07 bits per heavy atom. The molecule has 1 aliphatic carbocycles. The smallest absolute Gasteiger partial charge is 0.490 e. The van der Waals surface area contributed by atoms with E-state index in [9.17, 15) is 26.4 Å². The van der Waals surface area contributed by atoms with Gasteiger partial charge < -0.3 is 20.5 Å². The van der Waals surface area contributed by atoms with Crippen molar-refractivity contribution in [1.82, 2.24) is 9.62 Å². The van der Waals surface area contributed by atoms with Crippen LogP contribution >= 0.6 is 11.6 Å². The second-order valence-corrected chi connectivity index (χ2v) is 12.8. The van der Waals surface area contributed by atoms with Crippen LogP contribution in [0, 0.1) is 5.92 Å². The monoisotopic (exact) mass is 669 g/mol. The number of ether oxygens (including phenoxy) is 1. The van der Waals surface area contributed by atoms with Crippen molar-refractivity contribution in [3.8, 4) is 5.75 Å². The summed E-state index contributed by atoms with van der Waals surface area (Å²) in [7, 11) is -4.49. The summed E-state index contributed by atoms with van der Waals surface area (Å²) in [6, 6.07) is 7.50. The van der Waals surface area contributed by atoms with Crippen molar-refractivity contribution in [2.75, 3.05) is 19.7 Å². The maximum absolute atomic E-state index is 15.7. The number of benzene rings is 2. The zero-order chi connectivity index (χ0) is 32.7. The molecule has 0 aromatic heterocycles. The van der Waals surface area contributed by atoms with E-state index in [2.05, 4.69) is 0 Å². The van der Waals surface area contributed by atoms with Gasteiger partial charge in [0.1, 0.15) is 5.75 Å². The van der Waals surface area contributed by atoms with Gasteiger partial charge in [-0.2, -0.15) is 26.7 Å². The normalized spacial score (nSPS) is 18.7. The van der Waals surface area contributed by atoms with Gasteiger partial charge in [-0.05, 0) is 61.6 Å². The van der Waals surface area contributed by atoms with Gasteiger partial charge in [-0.25, -0.2) is 13.2 Å². The first-order chi connectivity index (χ1) is 20.5. The quantitative estimate of drug-likeness (QED) is 0.322. The average molecular weight is 670 g/mol. The number of carboxylic acid groups (broad SMARTS) is 1. The fourth-order valence-electron chi connectivity index (χ4n) is 4.79. The highest BCUT2D eigenvalue weighted by Gasteiger charge is 2.50. The van der Waals surface area contributed by atoms with Gasteiger partial charge in [0.2, 0.25) is 15.9 Å². The molecule has 1 saturated carbocycles. The largest absolute Gasteiger partial charge is 0.493 e. The average Bonchev–Trinajstić information content (AvgIpc) is 3.41. The van der Waals surface area contributed by atoms with E-state index in [4.69, 9.17) is 32.0 Å². The molecule has 0 radical (unpaired) electrons. The lowest BCUT2D eigenvalue weighted by Gasteiger charge is -2.30. The number of likely N-dealkylation sites (tertiary alicyclic amines) is 1. The number of nitrogens with two attached hydrogens (primary N) is 1. The van der Waals surface area contributed by atoms with Crippen LogP contribution < -0.4 is 15.2 Å². The molecule has 1 aliphatic heterocycles. The maximum atomic E-state index is 15.7. The Balaban J connectivity index is 0.000000676. The van der Waals surface area contributed by atoms with Crippen LogP contribution in [-0.2, 0) is 25.5 Å². The summed E-state index contributed by atoms with van der Waals surface area (Å²) in [4.78, 5) is 23.0. The predicted molar refractivity (Wildman–Crippen MR) is 151 cm³/mol. The number of hydrogen-bond acceptors (Lipinski definition) is 6. The Labute approximate surface area is 256 Å². The molecule has 4 rings (SSSR count). The third-order valence-corrected chi connectivity index (χ3v) is 8.93. The van der Waals surface area contributed by atoms with Gasteiger partial charge in [0.25, 0.3) is 5.92 Å². The van der Waals surface area contributed by atoms with E-state index in [1.165, 1.54) is 60.6 Å². The molecule has 9 nitrogen and oxygen atoms in total. The van der Waals surface area contributed by atoms with Crippen molar-refractivity contribution in [3.05, 3.63) is 59.1 Å². The summed E-state index contributed by atoms with van der Waals surface area (Å²) >= 11 is 5.83. The van der Waals surface area contributed by atoms with Gasteiger partial charge in [-0.3, -0.25) is 4.79 Å². The molecular formula is C28H33ClF5N3O6S. The number of carbonyl (C=O) groups excluding carboxylic acids is 1. The highest BCUT2D eigenvalue weighted by molar-refractivity contribution is 7.89. The van der Waals surface area contributed by atoms with Gasteiger partial charge in [0.15, 0.2) is 6.04 Å². The van der Waals surface area contributed by atoms with Gasteiger partial charge in [0, 0.05) is 29.7 Å². The van der Waals surface area contributed by atoms with Crippen LogP contribution in [0.1, 0.15) is 44.1 Å². The number of aliphatic carboxylic acids is 1. The van der Waals surface area contributed by atoms with Gasteiger partial charge in [-0.15, -0.1) is 0 Å². The number of nitrogens with one attached hydrogen (secondary N) is 1. The zero-order valence-electron chi connectivity index (χ0n) is 23.4. The number of alkyl halides is 5. The molecule has 4 N–H and O–H groups in total. The molecule has 44 heavy (non-hydrogen) atoms. The highest BCUT2D eigenvalue weighted by Crippen LogP contribution is 2.35. The first kappa shape index (κ1) is 35.5. The van der Waals surface area contributed by atoms with Crippen LogP contribution in [0.25, 0.3) is 0 Å². The first-order valence-electron chi connectivity index (χ1n) is 13.7. The van der Waals surface area contributed by atoms with Crippen LogP contribution in [-0.4, -0.2) is 68.3 Å². The lowest BCUT2D eigenvalue weighted by molar-refractivity contribution is -0.192. The van der Waals surface area contributed by atoms with Crippen molar-refractivity contribution in [2.45, 2.75) is 67.6 Å². The minimum Gasteiger partial charge on any atom is -0.493 e. The van der Waals surface area contributed by atoms with E-state index in [-0.39, 0.29) is 29.0 Å². The third-order valence-electron chi connectivity index (χ3n) is 7.23. The summed E-state index contributed by atoms with van der Waals surface area (Å²) in [5.41, 5.74) is 5.32. The van der Waals surface area contributed by atoms with Crippen LogP contribution in [0.4, 0.5) is 22.0 Å².